The van der Waals surface area contributed by atoms with Gasteiger partial charge in [0.15, 0.2) is 5.75 Å². The highest BCUT2D eigenvalue weighted by Crippen LogP contribution is 2.35. The van der Waals surface area contributed by atoms with Crippen LogP contribution in [-0.2, 0) is 22.6 Å². The first-order valence-corrected chi connectivity index (χ1v) is 8.40. The van der Waals surface area contributed by atoms with Crippen LogP contribution in [0.15, 0.2) is 40.9 Å². The number of aryl methyl sites for hydroxylation is 2. The fourth-order valence-corrected chi connectivity index (χ4v) is 3.20. The van der Waals surface area contributed by atoms with E-state index in [9.17, 15) is 4.79 Å². The van der Waals surface area contributed by atoms with Gasteiger partial charge in [0.2, 0.25) is 0 Å². The van der Waals surface area contributed by atoms with Crippen molar-refractivity contribution in [3.8, 4) is 5.75 Å². The van der Waals surface area contributed by atoms with Crippen LogP contribution in [0.1, 0.15) is 23.1 Å². The summed E-state index contributed by atoms with van der Waals surface area (Å²) in [5.74, 6) is 0.369. The van der Waals surface area contributed by atoms with Crippen LogP contribution in [0.3, 0.4) is 0 Å². The minimum atomic E-state index is -0.239. The van der Waals surface area contributed by atoms with Crippen LogP contribution in [0.4, 0.5) is 0 Å². The lowest BCUT2D eigenvalue weighted by Gasteiger charge is -2.13. The number of rotatable bonds is 6. The van der Waals surface area contributed by atoms with Gasteiger partial charge in [-0.05, 0) is 58.1 Å². The standard InChI is InChI=1S/C18H18BrClO3/c1-12-5-3-4-6-14(12)11-23-18-15(19)9-13(10-16(18)20)7-8-17(21)22-2/h3-6,9-10H,7-8,11H2,1-2H3. The second-order valence-corrected chi connectivity index (χ2v) is 6.44. The molecule has 0 bridgehead atoms. The maximum atomic E-state index is 11.2. The Morgan fingerprint density at radius 3 is 2.65 bits per heavy atom. The summed E-state index contributed by atoms with van der Waals surface area (Å²) >= 11 is 9.81. The molecule has 0 N–H and O–H groups in total. The Morgan fingerprint density at radius 1 is 1.26 bits per heavy atom. The third-order valence-corrected chi connectivity index (χ3v) is 4.41. The van der Waals surface area contributed by atoms with E-state index in [1.165, 1.54) is 12.7 Å². The van der Waals surface area contributed by atoms with Crippen LogP contribution in [0.25, 0.3) is 0 Å². The second kappa shape index (κ2) is 8.37. The lowest BCUT2D eigenvalue weighted by atomic mass is 10.1. The summed E-state index contributed by atoms with van der Waals surface area (Å²) < 4.78 is 11.3. The smallest absolute Gasteiger partial charge is 0.305 e. The van der Waals surface area contributed by atoms with Gasteiger partial charge in [0.1, 0.15) is 6.61 Å². The number of ether oxygens (including phenoxy) is 2. The second-order valence-electron chi connectivity index (χ2n) is 5.18. The Morgan fingerprint density at radius 2 is 2.00 bits per heavy atom. The van der Waals surface area contributed by atoms with Crippen molar-refractivity contribution in [3.05, 3.63) is 62.6 Å². The van der Waals surface area contributed by atoms with Crippen LogP contribution < -0.4 is 4.74 Å². The number of carbonyl (C=O) groups is 1. The fourth-order valence-electron chi connectivity index (χ4n) is 2.17. The fraction of sp³-hybridized carbons (Fsp3) is 0.278. The summed E-state index contributed by atoms with van der Waals surface area (Å²) in [6.45, 7) is 2.50. The molecule has 0 aliphatic heterocycles. The number of esters is 1. The van der Waals surface area contributed by atoms with Crippen molar-refractivity contribution in [3.63, 3.8) is 0 Å². The van der Waals surface area contributed by atoms with E-state index in [1.54, 1.807) is 0 Å². The molecule has 0 saturated carbocycles. The Balaban J connectivity index is 2.08. The number of hydrogen-bond acceptors (Lipinski definition) is 3. The predicted molar refractivity (Wildman–Crippen MR) is 95.0 cm³/mol. The van der Waals surface area contributed by atoms with E-state index < -0.39 is 0 Å². The third kappa shape index (κ3) is 4.98. The van der Waals surface area contributed by atoms with Crippen LogP contribution >= 0.6 is 27.5 Å². The molecule has 0 amide bonds. The van der Waals surface area contributed by atoms with Crippen molar-refractivity contribution in [2.45, 2.75) is 26.4 Å². The molecule has 0 radical (unpaired) electrons. The number of benzene rings is 2. The lowest BCUT2D eigenvalue weighted by Crippen LogP contribution is -2.03. The molecule has 2 rings (SSSR count). The molecular weight excluding hydrogens is 380 g/mol. The molecule has 0 unspecified atom stereocenters. The largest absolute Gasteiger partial charge is 0.486 e. The molecule has 0 aliphatic carbocycles. The van der Waals surface area contributed by atoms with Crippen LogP contribution in [0, 0.1) is 6.92 Å². The first-order valence-electron chi connectivity index (χ1n) is 7.23. The van der Waals surface area contributed by atoms with Gasteiger partial charge in [-0.3, -0.25) is 4.79 Å². The van der Waals surface area contributed by atoms with E-state index in [1.807, 2.05) is 43.3 Å². The monoisotopic (exact) mass is 396 g/mol. The SMILES string of the molecule is COC(=O)CCc1cc(Cl)c(OCc2ccccc2C)c(Br)c1. The van der Waals surface area contributed by atoms with Crippen molar-refractivity contribution >= 4 is 33.5 Å². The van der Waals surface area contributed by atoms with Gasteiger partial charge >= 0.3 is 5.97 Å². The highest BCUT2D eigenvalue weighted by atomic mass is 79.9. The molecule has 122 valence electrons. The van der Waals surface area contributed by atoms with Crippen molar-refractivity contribution in [1.82, 2.24) is 0 Å². The molecule has 3 nitrogen and oxygen atoms in total. The van der Waals surface area contributed by atoms with Gasteiger partial charge in [-0.25, -0.2) is 0 Å². The molecule has 23 heavy (non-hydrogen) atoms. The minimum Gasteiger partial charge on any atom is -0.486 e. The van der Waals surface area contributed by atoms with Crippen LogP contribution in [0.2, 0.25) is 5.02 Å². The third-order valence-electron chi connectivity index (χ3n) is 3.54. The van der Waals surface area contributed by atoms with Gasteiger partial charge in [-0.1, -0.05) is 35.9 Å². The molecule has 0 fully saturated rings. The highest BCUT2D eigenvalue weighted by molar-refractivity contribution is 9.10. The molecule has 2 aromatic rings. The van der Waals surface area contributed by atoms with E-state index in [2.05, 4.69) is 20.7 Å². The van der Waals surface area contributed by atoms with Gasteiger partial charge in [0, 0.05) is 6.42 Å². The van der Waals surface area contributed by atoms with E-state index in [4.69, 9.17) is 16.3 Å². The number of methoxy groups -OCH3 is 1. The van der Waals surface area contributed by atoms with E-state index in [0.29, 0.717) is 30.2 Å². The molecule has 2 aromatic carbocycles. The summed E-state index contributed by atoms with van der Waals surface area (Å²) in [4.78, 5) is 11.2. The normalized spacial score (nSPS) is 10.4. The maximum Gasteiger partial charge on any atom is 0.305 e. The van der Waals surface area contributed by atoms with Gasteiger partial charge in [-0.15, -0.1) is 0 Å². The molecule has 0 aromatic heterocycles. The molecule has 5 heteroatoms. The van der Waals surface area contributed by atoms with Crippen molar-refractivity contribution < 1.29 is 14.3 Å². The Bertz CT molecular complexity index is 677. The van der Waals surface area contributed by atoms with Crippen LogP contribution in [-0.4, -0.2) is 13.1 Å². The average Bonchev–Trinajstić information content (AvgIpc) is 2.53. The summed E-state index contributed by atoms with van der Waals surface area (Å²) in [7, 11) is 1.38. The molecular formula is C18H18BrClO3. The zero-order valence-electron chi connectivity index (χ0n) is 13.1. The summed E-state index contributed by atoms with van der Waals surface area (Å²) in [5, 5.41) is 0.521. The van der Waals surface area contributed by atoms with Crippen molar-refractivity contribution in [2.75, 3.05) is 7.11 Å². The highest BCUT2D eigenvalue weighted by Gasteiger charge is 2.11. The number of halogens is 2. The number of hydrogen-bond donors (Lipinski definition) is 0. The summed E-state index contributed by atoms with van der Waals surface area (Å²) in [6, 6.07) is 11.8. The Kier molecular flexibility index (Phi) is 6.48. The van der Waals surface area contributed by atoms with Crippen LogP contribution in [0.5, 0.6) is 5.75 Å². The van der Waals surface area contributed by atoms with Gasteiger partial charge in [-0.2, -0.15) is 0 Å². The maximum absolute atomic E-state index is 11.2. The minimum absolute atomic E-state index is 0.239. The molecule has 0 atom stereocenters. The lowest BCUT2D eigenvalue weighted by molar-refractivity contribution is -0.140. The number of carbonyl (C=O) groups excluding carboxylic acids is 1. The summed E-state index contributed by atoms with van der Waals surface area (Å²) in [5.41, 5.74) is 3.25. The molecule has 0 saturated heterocycles. The van der Waals surface area contributed by atoms with E-state index in [0.717, 1.165) is 15.6 Å². The predicted octanol–water partition coefficient (Wildman–Crippen LogP) is 5.10. The zero-order valence-corrected chi connectivity index (χ0v) is 15.4. The Hall–Kier alpha value is -1.52. The Labute approximate surface area is 149 Å². The van der Waals surface area contributed by atoms with E-state index in [-0.39, 0.29) is 5.97 Å². The molecule has 0 aliphatic rings. The zero-order chi connectivity index (χ0) is 16.8. The van der Waals surface area contributed by atoms with Gasteiger partial charge < -0.3 is 9.47 Å². The first-order chi connectivity index (χ1) is 11.0. The summed E-state index contributed by atoms with van der Waals surface area (Å²) in [6.07, 6.45) is 0.895. The topological polar surface area (TPSA) is 35.5 Å². The first kappa shape index (κ1) is 17.8. The van der Waals surface area contributed by atoms with Crippen molar-refractivity contribution in [1.29, 1.82) is 0 Å². The average molecular weight is 398 g/mol. The molecule has 0 spiro atoms. The van der Waals surface area contributed by atoms with E-state index >= 15 is 0 Å². The van der Waals surface area contributed by atoms with Gasteiger partial charge in [0.05, 0.1) is 16.6 Å². The quantitative estimate of drug-likeness (QED) is 0.636. The molecule has 0 heterocycles. The van der Waals surface area contributed by atoms with Gasteiger partial charge in [0.25, 0.3) is 0 Å². The van der Waals surface area contributed by atoms with Crippen molar-refractivity contribution in [2.24, 2.45) is 0 Å².